The van der Waals surface area contributed by atoms with Gasteiger partial charge in [-0.1, -0.05) is 0 Å². The molecular weight excluding hydrogens is 200 g/mol. The largest absolute Gasteiger partial charge is 0.317 e. The summed E-state index contributed by atoms with van der Waals surface area (Å²) in [6, 6.07) is 0.0713. The van der Waals surface area contributed by atoms with E-state index < -0.39 is 10.0 Å². The first-order valence-electron chi connectivity index (χ1n) is 5.26. The van der Waals surface area contributed by atoms with Crippen molar-refractivity contribution >= 4 is 10.0 Å². The standard InChI is InChI=1S/C9H20N2O2S/c1-3-14(12,13)11-8(2)9-4-6-10-7-5-9/h8-11H,3-7H2,1-2H3. The van der Waals surface area contributed by atoms with Crippen molar-refractivity contribution in [3.63, 3.8) is 0 Å². The SMILES string of the molecule is CCS(=O)(=O)NC(C)C1CCNCC1. The Morgan fingerprint density at radius 1 is 1.43 bits per heavy atom. The average Bonchev–Trinajstić information content (AvgIpc) is 2.19. The van der Waals surface area contributed by atoms with Gasteiger partial charge in [0.1, 0.15) is 0 Å². The van der Waals surface area contributed by atoms with Crippen LogP contribution in [0.4, 0.5) is 0 Å². The Bertz CT molecular complexity index is 258. The normalized spacial score (nSPS) is 22.1. The Morgan fingerprint density at radius 3 is 2.50 bits per heavy atom. The molecule has 1 saturated heterocycles. The highest BCUT2D eigenvalue weighted by Crippen LogP contribution is 2.16. The van der Waals surface area contributed by atoms with Crippen LogP contribution in [0.15, 0.2) is 0 Å². The molecule has 1 heterocycles. The fourth-order valence-electron chi connectivity index (χ4n) is 1.81. The van der Waals surface area contributed by atoms with Gasteiger partial charge in [-0.15, -0.1) is 0 Å². The van der Waals surface area contributed by atoms with E-state index in [1.165, 1.54) is 0 Å². The Kier molecular flexibility index (Phi) is 4.34. The minimum atomic E-state index is -3.04. The molecule has 0 saturated carbocycles. The third-order valence-electron chi connectivity index (χ3n) is 2.84. The molecule has 1 rings (SSSR count). The predicted molar refractivity (Wildman–Crippen MR) is 57.7 cm³/mol. The van der Waals surface area contributed by atoms with Crippen molar-refractivity contribution in [1.29, 1.82) is 0 Å². The predicted octanol–water partition coefficient (Wildman–Crippen LogP) is 0.314. The molecule has 1 atom stereocenters. The van der Waals surface area contributed by atoms with Crippen LogP contribution >= 0.6 is 0 Å². The topological polar surface area (TPSA) is 58.2 Å². The molecular formula is C9H20N2O2S. The lowest BCUT2D eigenvalue weighted by Gasteiger charge is -2.28. The summed E-state index contributed by atoms with van der Waals surface area (Å²) in [4.78, 5) is 0. The van der Waals surface area contributed by atoms with Gasteiger partial charge in [-0.2, -0.15) is 0 Å². The summed E-state index contributed by atoms with van der Waals surface area (Å²) in [6.45, 7) is 5.63. The molecule has 0 aromatic heterocycles. The first-order chi connectivity index (χ1) is 6.55. The van der Waals surface area contributed by atoms with Crippen LogP contribution in [0, 0.1) is 5.92 Å². The van der Waals surface area contributed by atoms with Gasteiger partial charge in [0.05, 0.1) is 5.75 Å². The summed E-state index contributed by atoms with van der Waals surface area (Å²) in [5, 5.41) is 3.27. The number of nitrogens with one attached hydrogen (secondary N) is 2. The van der Waals surface area contributed by atoms with Crippen molar-refractivity contribution in [2.24, 2.45) is 5.92 Å². The number of sulfonamides is 1. The van der Waals surface area contributed by atoms with Crippen molar-refractivity contribution in [1.82, 2.24) is 10.0 Å². The van der Waals surface area contributed by atoms with E-state index in [2.05, 4.69) is 10.0 Å². The Morgan fingerprint density at radius 2 is 2.00 bits per heavy atom. The van der Waals surface area contributed by atoms with Crippen LogP contribution in [0.2, 0.25) is 0 Å². The molecule has 1 fully saturated rings. The second-order valence-corrected chi connectivity index (χ2v) is 5.94. The summed E-state index contributed by atoms with van der Waals surface area (Å²) >= 11 is 0. The lowest BCUT2D eigenvalue weighted by atomic mass is 9.92. The summed E-state index contributed by atoms with van der Waals surface area (Å²) in [6.07, 6.45) is 2.13. The smallest absolute Gasteiger partial charge is 0.211 e. The molecule has 0 radical (unpaired) electrons. The van der Waals surface area contributed by atoms with Crippen LogP contribution in [-0.2, 0) is 10.0 Å². The molecule has 2 N–H and O–H groups in total. The summed E-state index contributed by atoms with van der Waals surface area (Å²) in [5.41, 5.74) is 0. The first kappa shape index (κ1) is 11.9. The summed E-state index contributed by atoms with van der Waals surface area (Å²) in [7, 11) is -3.04. The number of hydrogen-bond acceptors (Lipinski definition) is 3. The lowest BCUT2D eigenvalue weighted by molar-refractivity contribution is 0.316. The Balaban J connectivity index is 2.44. The van der Waals surface area contributed by atoms with E-state index in [4.69, 9.17) is 0 Å². The van der Waals surface area contributed by atoms with Crippen molar-refractivity contribution in [3.8, 4) is 0 Å². The molecule has 0 aromatic carbocycles. The van der Waals surface area contributed by atoms with Gasteiger partial charge >= 0.3 is 0 Å². The third-order valence-corrected chi connectivity index (χ3v) is 4.33. The van der Waals surface area contributed by atoms with Crippen LogP contribution in [0.5, 0.6) is 0 Å². The van der Waals surface area contributed by atoms with Crippen molar-refractivity contribution in [3.05, 3.63) is 0 Å². The van der Waals surface area contributed by atoms with Crippen molar-refractivity contribution < 1.29 is 8.42 Å². The molecule has 0 spiro atoms. The van der Waals surface area contributed by atoms with Gasteiger partial charge in [-0.3, -0.25) is 0 Å². The van der Waals surface area contributed by atoms with E-state index in [0.717, 1.165) is 25.9 Å². The van der Waals surface area contributed by atoms with Crippen LogP contribution in [0.25, 0.3) is 0 Å². The van der Waals surface area contributed by atoms with E-state index in [1.54, 1.807) is 6.92 Å². The van der Waals surface area contributed by atoms with E-state index in [1.807, 2.05) is 6.92 Å². The van der Waals surface area contributed by atoms with Gasteiger partial charge < -0.3 is 5.32 Å². The second-order valence-electron chi connectivity index (χ2n) is 3.90. The van der Waals surface area contributed by atoms with Crippen LogP contribution < -0.4 is 10.0 Å². The zero-order valence-electron chi connectivity index (χ0n) is 8.91. The zero-order valence-corrected chi connectivity index (χ0v) is 9.73. The molecule has 0 amide bonds. The van der Waals surface area contributed by atoms with Crippen molar-refractivity contribution in [2.75, 3.05) is 18.8 Å². The monoisotopic (exact) mass is 220 g/mol. The average molecular weight is 220 g/mol. The maximum Gasteiger partial charge on any atom is 0.211 e. The van der Waals surface area contributed by atoms with E-state index in [0.29, 0.717) is 5.92 Å². The molecule has 0 bridgehead atoms. The molecule has 1 aliphatic rings. The van der Waals surface area contributed by atoms with E-state index >= 15 is 0 Å². The van der Waals surface area contributed by atoms with E-state index in [-0.39, 0.29) is 11.8 Å². The fourth-order valence-corrected chi connectivity index (χ4v) is 2.73. The zero-order chi connectivity index (χ0) is 10.6. The van der Waals surface area contributed by atoms with Crippen LogP contribution in [-0.4, -0.2) is 33.3 Å². The molecule has 1 aliphatic heterocycles. The van der Waals surface area contributed by atoms with Gasteiger partial charge in [-0.25, -0.2) is 13.1 Å². The highest BCUT2D eigenvalue weighted by atomic mass is 32.2. The van der Waals surface area contributed by atoms with Gasteiger partial charge in [0.25, 0.3) is 0 Å². The molecule has 0 aromatic rings. The summed E-state index contributed by atoms with van der Waals surface area (Å²) < 4.78 is 25.4. The fraction of sp³-hybridized carbons (Fsp3) is 1.00. The number of piperidine rings is 1. The van der Waals surface area contributed by atoms with Gasteiger partial charge in [-0.05, 0) is 45.7 Å². The van der Waals surface area contributed by atoms with Crippen LogP contribution in [0.3, 0.4) is 0 Å². The second kappa shape index (κ2) is 5.09. The molecule has 4 nitrogen and oxygen atoms in total. The first-order valence-corrected chi connectivity index (χ1v) is 6.91. The van der Waals surface area contributed by atoms with Gasteiger partial charge in [0.15, 0.2) is 0 Å². The van der Waals surface area contributed by atoms with Gasteiger partial charge in [0.2, 0.25) is 10.0 Å². The molecule has 84 valence electrons. The quantitative estimate of drug-likeness (QED) is 0.717. The highest BCUT2D eigenvalue weighted by Gasteiger charge is 2.22. The minimum absolute atomic E-state index is 0.0713. The maximum atomic E-state index is 11.3. The molecule has 5 heteroatoms. The van der Waals surface area contributed by atoms with E-state index in [9.17, 15) is 8.42 Å². The van der Waals surface area contributed by atoms with Crippen LogP contribution in [0.1, 0.15) is 26.7 Å². The number of hydrogen-bond donors (Lipinski definition) is 2. The minimum Gasteiger partial charge on any atom is -0.317 e. The molecule has 0 aliphatic carbocycles. The molecule has 14 heavy (non-hydrogen) atoms. The van der Waals surface area contributed by atoms with Crippen molar-refractivity contribution in [2.45, 2.75) is 32.7 Å². The Labute approximate surface area is 86.5 Å². The number of rotatable bonds is 4. The lowest BCUT2D eigenvalue weighted by Crippen LogP contribution is -2.43. The highest BCUT2D eigenvalue weighted by molar-refractivity contribution is 7.89. The Hall–Kier alpha value is -0.130. The summed E-state index contributed by atoms with van der Waals surface area (Å²) in [5.74, 6) is 0.653. The third kappa shape index (κ3) is 3.55. The maximum absolute atomic E-state index is 11.3. The van der Waals surface area contributed by atoms with Gasteiger partial charge in [0, 0.05) is 6.04 Å². The molecule has 1 unspecified atom stereocenters.